The number of rotatable bonds is 17. The molecule has 3 N–H and O–H groups in total. The lowest BCUT2D eigenvalue weighted by Crippen LogP contribution is -2.40. The van der Waals surface area contributed by atoms with Crippen LogP contribution in [-0.2, 0) is 14.9 Å². The summed E-state index contributed by atoms with van der Waals surface area (Å²) >= 11 is 0. The summed E-state index contributed by atoms with van der Waals surface area (Å²) in [7, 11) is -4.29. The van der Waals surface area contributed by atoms with Gasteiger partial charge in [-0.3, -0.25) is 18.8 Å². The number of carbonyl (C=O) groups excluding carboxylic acids is 1. The second-order valence-corrected chi connectivity index (χ2v) is 9.37. The van der Waals surface area contributed by atoms with Crippen LogP contribution in [0, 0.1) is 0 Å². The number of hydrogen-bond donors (Lipinski definition) is 3. The fourth-order valence-corrected chi connectivity index (χ4v) is 4.25. The Labute approximate surface area is 181 Å². The molecule has 0 amide bonds. The molecule has 1 aliphatic rings. The summed E-state index contributed by atoms with van der Waals surface area (Å²) in [5, 5.41) is 19.2. The Hall–Kier alpha value is -1.29. The van der Waals surface area contributed by atoms with Crippen LogP contribution in [0.2, 0.25) is 0 Å². The van der Waals surface area contributed by atoms with Crippen molar-refractivity contribution in [3.8, 4) is 0 Å². The average Bonchev–Trinajstić information content (AvgIpc) is 3.04. The van der Waals surface area contributed by atoms with Crippen molar-refractivity contribution in [2.45, 2.75) is 70.8 Å². The van der Waals surface area contributed by atoms with Gasteiger partial charge in [0, 0.05) is 6.42 Å². The fraction of sp³-hybridized carbons (Fsp3) is 0.810. The van der Waals surface area contributed by atoms with Crippen LogP contribution < -0.4 is 0 Å². The molecular formula is C21H39N2O6S+. The molecule has 0 saturated carbocycles. The van der Waals surface area contributed by atoms with Crippen LogP contribution in [0.1, 0.15) is 64.7 Å². The summed E-state index contributed by atoms with van der Waals surface area (Å²) in [6.45, 7) is 3.36. The molecule has 30 heavy (non-hydrogen) atoms. The number of Topliss-reactive ketones (excluding diaryl/α,β-unsaturated/α-hetero) is 1. The van der Waals surface area contributed by atoms with Gasteiger partial charge in [-0.15, -0.1) is 0 Å². The average molecular weight is 448 g/mol. The van der Waals surface area contributed by atoms with Crippen molar-refractivity contribution in [2.24, 2.45) is 0 Å². The molecule has 1 unspecified atom stereocenters. The van der Waals surface area contributed by atoms with Gasteiger partial charge in [-0.25, -0.2) is 0 Å². The highest BCUT2D eigenvalue weighted by Gasteiger charge is 2.36. The van der Waals surface area contributed by atoms with Crippen molar-refractivity contribution in [1.82, 2.24) is 4.90 Å². The first kappa shape index (κ1) is 26.7. The highest BCUT2D eigenvalue weighted by atomic mass is 32.2. The highest BCUT2D eigenvalue weighted by molar-refractivity contribution is 7.85. The number of amidine groups is 1. The van der Waals surface area contributed by atoms with Crippen LogP contribution in [0.3, 0.4) is 0 Å². The minimum atomic E-state index is -4.29. The zero-order chi connectivity index (χ0) is 22.4. The standard InChI is InChI=1S/C21H38N2O6S/c1-2-3-4-5-6-7-8-9-10-11-12-20(26)21-22(15-16-24)13-14-23(21)17-19(25)18-30(27,28)29/h7-8,19,24-25H,2-6,9-18H2,1H3/p+1/b8-7+. The molecule has 0 aromatic rings. The van der Waals surface area contributed by atoms with Gasteiger partial charge in [-0.1, -0.05) is 38.3 Å². The van der Waals surface area contributed by atoms with Crippen molar-refractivity contribution in [3.63, 3.8) is 0 Å². The Morgan fingerprint density at radius 1 is 1.17 bits per heavy atom. The van der Waals surface area contributed by atoms with E-state index in [4.69, 9.17) is 4.55 Å². The molecule has 0 saturated heterocycles. The van der Waals surface area contributed by atoms with Gasteiger partial charge in [0.1, 0.15) is 38.0 Å². The van der Waals surface area contributed by atoms with Crippen molar-refractivity contribution >= 4 is 21.7 Å². The number of aliphatic hydroxyl groups excluding tert-OH is 2. The van der Waals surface area contributed by atoms with Gasteiger partial charge in [0.05, 0.1) is 6.61 Å². The third-order valence-corrected chi connectivity index (χ3v) is 5.91. The molecule has 9 heteroatoms. The van der Waals surface area contributed by atoms with E-state index in [0.29, 0.717) is 31.9 Å². The first-order chi connectivity index (χ1) is 14.3. The van der Waals surface area contributed by atoms with E-state index in [0.717, 1.165) is 25.7 Å². The van der Waals surface area contributed by atoms with Crippen molar-refractivity contribution < 1.29 is 32.6 Å². The molecule has 0 fully saturated rings. The molecule has 0 aromatic carbocycles. The molecular weight excluding hydrogens is 408 g/mol. The smallest absolute Gasteiger partial charge is 0.316 e. The summed E-state index contributed by atoms with van der Waals surface area (Å²) in [4.78, 5) is 14.6. The van der Waals surface area contributed by atoms with E-state index in [1.54, 1.807) is 9.48 Å². The molecule has 0 bridgehead atoms. The Kier molecular flexibility index (Phi) is 13.1. The Balaban J connectivity index is 2.51. The zero-order valence-corrected chi connectivity index (χ0v) is 19.0. The molecule has 174 valence electrons. The second-order valence-electron chi connectivity index (χ2n) is 7.87. The second kappa shape index (κ2) is 14.7. The summed E-state index contributed by atoms with van der Waals surface area (Å²) in [5.74, 6) is -0.413. The number of allylic oxidation sites excluding steroid dienone is 2. The third kappa shape index (κ3) is 11.2. The monoisotopic (exact) mass is 447 g/mol. The van der Waals surface area contributed by atoms with Crippen LogP contribution >= 0.6 is 0 Å². The highest BCUT2D eigenvalue weighted by Crippen LogP contribution is 2.10. The molecule has 1 atom stereocenters. The van der Waals surface area contributed by atoms with E-state index < -0.39 is 22.0 Å². The molecule has 1 aliphatic heterocycles. The minimum Gasteiger partial charge on any atom is -0.392 e. The van der Waals surface area contributed by atoms with Gasteiger partial charge in [0.2, 0.25) is 5.78 Å². The van der Waals surface area contributed by atoms with Gasteiger partial charge in [-0.2, -0.15) is 8.42 Å². The lowest BCUT2D eigenvalue weighted by Gasteiger charge is -2.13. The Bertz CT molecular complexity index is 675. The number of nitrogens with zero attached hydrogens (tertiary/aromatic N) is 2. The van der Waals surface area contributed by atoms with Crippen molar-refractivity contribution in [2.75, 3.05) is 38.5 Å². The van der Waals surface area contributed by atoms with E-state index in [-0.39, 0.29) is 18.9 Å². The van der Waals surface area contributed by atoms with Gasteiger partial charge in [0.25, 0.3) is 10.1 Å². The third-order valence-electron chi connectivity index (χ3n) is 5.11. The minimum absolute atomic E-state index is 0.0520. The molecule has 0 aliphatic carbocycles. The maximum atomic E-state index is 12.8. The quantitative estimate of drug-likeness (QED) is 0.134. The number of ketones is 1. The van der Waals surface area contributed by atoms with Crippen LogP contribution in [0.25, 0.3) is 0 Å². The molecule has 8 nitrogen and oxygen atoms in total. The molecule has 0 aromatic heterocycles. The summed E-state index contributed by atoms with van der Waals surface area (Å²) in [6, 6.07) is 0. The first-order valence-corrected chi connectivity index (χ1v) is 12.7. The normalized spacial score (nSPS) is 16.1. The van der Waals surface area contributed by atoms with Crippen LogP contribution in [0.15, 0.2) is 12.2 Å². The lowest BCUT2D eigenvalue weighted by atomic mass is 10.1. The lowest BCUT2D eigenvalue weighted by molar-refractivity contribution is -0.525. The SMILES string of the molecule is CCCCCC/C=C/CCCCC(=O)C1=[N+](CC(O)CS(=O)(=O)O)CCN1CCO. The van der Waals surface area contributed by atoms with Crippen molar-refractivity contribution in [3.05, 3.63) is 12.2 Å². The van der Waals surface area contributed by atoms with E-state index in [1.807, 2.05) is 0 Å². The largest absolute Gasteiger partial charge is 0.392 e. The molecule has 1 rings (SSSR count). The van der Waals surface area contributed by atoms with Gasteiger partial charge in [0.15, 0.2) is 0 Å². The number of hydrogen-bond acceptors (Lipinski definition) is 6. The van der Waals surface area contributed by atoms with Crippen molar-refractivity contribution in [1.29, 1.82) is 0 Å². The predicted molar refractivity (Wildman–Crippen MR) is 117 cm³/mol. The number of carbonyl (C=O) groups is 1. The van der Waals surface area contributed by atoms with Crippen LogP contribution in [0.5, 0.6) is 0 Å². The molecule has 1 heterocycles. The van der Waals surface area contributed by atoms with E-state index in [2.05, 4.69) is 19.1 Å². The summed E-state index contributed by atoms with van der Waals surface area (Å²) < 4.78 is 32.5. The Morgan fingerprint density at radius 3 is 2.43 bits per heavy atom. The number of aliphatic hydroxyl groups is 2. The maximum Gasteiger partial charge on any atom is 0.316 e. The van der Waals surface area contributed by atoms with Gasteiger partial charge < -0.3 is 10.2 Å². The summed E-state index contributed by atoms with van der Waals surface area (Å²) in [5.41, 5.74) is 0. The van der Waals surface area contributed by atoms with Crippen LogP contribution in [0.4, 0.5) is 0 Å². The summed E-state index contributed by atoms with van der Waals surface area (Å²) in [6.07, 6.45) is 12.2. The van der Waals surface area contributed by atoms with Gasteiger partial charge in [-0.05, 0) is 32.1 Å². The molecule has 0 radical (unpaired) electrons. The van der Waals surface area contributed by atoms with E-state index >= 15 is 0 Å². The molecule has 0 spiro atoms. The number of unbranched alkanes of at least 4 members (excludes halogenated alkanes) is 6. The van der Waals surface area contributed by atoms with Crippen LogP contribution in [-0.4, -0.2) is 88.9 Å². The zero-order valence-electron chi connectivity index (χ0n) is 18.2. The topological polar surface area (TPSA) is 118 Å². The first-order valence-electron chi connectivity index (χ1n) is 11.1. The van der Waals surface area contributed by atoms with Gasteiger partial charge >= 0.3 is 5.84 Å². The predicted octanol–water partition coefficient (Wildman–Crippen LogP) is 1.61. The van der Waals surface area contributed by atoms with E-state index in [1.165, 1.54) is 25.7 Å². The maximum absolute atomic E-state index is 12.8. The fourth-order valence-electron chi connectivity index (χ4n) is 3.66. The van der Waals surface area contributed by atoms with E-state index in [9.17, 15) is 23.4 Å². The Morgan fingerprint density at radius 2 is 1.83 bits per heavy atom. The number of β-amino-alcohol motifs (C(OH)–C–C–N with tert-alkyl or cyclic N) is 2.